The smallest absolute Gasteiger partial charge is 0.332 e. The van der Waals surface area contributed by atoms with Gasteiger partial charge in [-0.2, -0.15) is 0 Å². The van der Waals surface area contributed by atoms with Crippen LogP contribution in [0.4, 0.5) is 0 Å². The van der Waals surface area contributed by atoms with Crippen LogP contribution in [0.15, 0.2) is 42.6 Å². The molecule has 4 atom stereocenters. The minimum absolute atomic E-state index is 0. The number of carbonyl (C=O) groups is 3. The number of aromatic nitrogens is 1. The Balaban J connectivity index is 0.00000385. The van der Waals surface area contributed by atoms with Crippen LogP contribution < -0.4 is 10.1 Å². The number of aromatic hydroxyl groups is 1. The molecule has 1 fully saturated rings. The van der Waals surface area contributed by atoms with Crippen molar-refractivity contribution in [2.75, 3.05) is 13.7 Å². The number of esters is 2. The number of aliphatic hydroxyl groups excluding tert-OH is 1. The Labute approximate surface area is 215 Å². The molecule has 10 nitrogen and oxygen atoms in total. The van der Waals surface area contributed by atoms with E-state index in [9.17, 15) is 24.6 Å². The molecule has 1 amide bonds. The van der Waals surface area contributed by atoms with E-state index in [0.717, 1.165) is 5.56 Å². The number of hydrogen-bond acceptors (Lipinski definition) is 9. The van der Waals surface area contributed by atoms with Crippen LogP contribution in [0.2, 0.25) is 0 Å². The summed E-state index contributed by atoms with van der Waals surface area (Å²) in [4.78, 5) is 41.6. The van der Waals surface area contributed by atoms with Crippen LogP contribution in [-0.2, 0) is 58.2 Å². The topological polar surface area (TPSA) is 144 Å². The van der Waals surface area contributed by atoms with Gasteiger partial charge in [-0.25, -0.2) is 9.78 Å². The molecule has 1 aliphatic heterocycles. The summed E-state index contributed by atoms with van der Waals surface area (Å²) in [7, 11) is 1.31. The molecular formula is C22H24N2O8Y. The summed E-state index contributed by atoms with van der Waals surface area (Å²) < 4.78 is 15.5. The summed E-state index contributed by atoms with van der Waals surface area (Å²) >= 11 is 0. The molecule has 1 aromatic heterocycles. The third-order valence-electron chi connectivity index (χ3n) is 5.10. The molecule has 3 rings (SSSR count). The van der Waals surface area contributed by atoms with Gasteiger partial charge in [0, 0.05) is 45.0 Å². The maximum atomic E-state index is 12.7. The first kappa shape index (κ1) is 26.7. The fourth-order valence-electron chi connectivity index (χ4n) is 3.31. The molecule has 1 radical (unpaired) electrons. The van der Waals surface area contributed by atoms with Crippen molar-refractivity contribution >= 4 is 17.8 Å². The summed E-state index contributed by atoms with van der Waals surface area (Å²) in [6.45, 7) is 0.937. The summed E-state index contributed by atoms with van der Waals surface area (Å²) in [5, 5.41) is 23.1. The number of hydrogen-bond donors (Lipinski definition) is 3. The number of carbonyl (C=O) groups excluding carboxylic acids is 3. The van der Waals surface area contributed by atoms with Crippen LogP contribution in [0, 0.1) is 5.92 Å². The SMILES string of the molecule is COc1ccnc(C(=O)N[C@H]2COC(=O)[C@H](Cc3ccccc3)[C@@H](O)[C@H](C)OC2=O)c1O.[Y]. The molecule has 0 spiro atoms. The van der Waals surface area contributed by atoms with E-state index < -0.39 is 54.4 Å². The number of amides is 1. The molecule has 0 bridgehead atoms. The maximum Gasteiger partial charge on any atom is 0.332 e. The van der Waals surface area contributed by atoms with Gasteiger partial charge in [0.05, 0.1) is 13.0 Å². The van der Waals surface area contributed by atoms with E-state index in [2.05, 4.69) is 10.3 Å². The Bertz CT molecular complexity index is 988. The van der Waals surface area contributed by atoms with Crippen LogP contribution in [0.3, 0.4) is 0 Å². The molecule has 0 aliphatic carbocycles. The standard InChI is InChI=1S/C22H24N2O8.Y/c1-12-18(25)14(10-13-6-4-3-5-7-13)21(28)31-11-15(22(29)32-12)24-20(27)17-19(26)16(30-2)8-9-23-17;/h3-9,12,14-15,18,25-26H,10-11H2,1-2H3,(H,24,27);/t12-,14+,15-,18-;/m0./s1. The van der Waals surface area contributed by atoms with Crippen LogP contribution in [0.5, 0.6) is 11.5 Å². The second kappa shape index (κ2) is 12.1. The van der Waals surface area contributed by atoms with Crippen molar-refractivity contribution in [1.82, 2.24) is 10.3 Å². The maximum absolute atomic E-state index is 12.7. The van der Waals surface area contributed by atoms with Gasteiger partial charge in [-0.05, 0) is 18.9 Å². The summed E-state index contributed by atoms with van der Waals surface area (Å²) in [5.41, 5.74) is 0.425. The van der Waals surface area contributed by atoms with Gasteiger partial charge in [0.15, 0.2) is 23.2 Å². The van der Waals surface area contributed by atoms with Crippen molar-refractivity contribution in [3.05, 3.63) is 53.9 Å². The third-order valence-corrected chi connectivity index (χ3v) is 5.10. The Morgan fingerprint density at radius 2 is 1.91 bits per heavy atom. The van der Waals surface area contributed by atoms with E-state index in [1.165, 1.54) is 26.3 Å². The first-order chi connectivity index (χ1) is 15.3. The number of methoxy groups -OCH3 is 1. The van der Waals surface area contributed by atoms with E-state index in [0.29, 0.717) is 0 Å². The van der Waals surface area contributed by atoms with E-state index in [1.54, 1.807) is 24.3 Å². The monoisotopic (exact) mass is 533 g/mol. The zero-order chi connectivity index (χ0) is 23.3. The van der Waals surface area contributed by atoms with Gasteiger partial charge in [0.25, 0.3) is 5.91 Å². The number of nitrogens with one attached hydrogen (secondary N) is 1. The predicted molar refractivity (Wildman–Crippen MR) is 110 cm³/mol. The van der Waals surface area contributed by atoms with Gasteiger partial charge in [0.2, 0.25) is 0 Å². The average molecular weight is 533 g/mol. The molecular weight excluding hydrogens is 509 g/mol. The van der Waals surface area contributed by atoms with Crippen LogP contribution in [0.1, 0.15) is 23.0 Å². The fraction of sp³-hybridized carbons (Fsp3) is 0.364. The quantitative estimate of drug-likeness (QED) is 0.471. The molecule has 1 aromatic carbocycles. The van der Waals surface area contributed by atoms with Gasteiger partial charge in [-0.3, -0.25) is 9.59 Å². The number of nitrogens with zero attached hydrogens (tertiary/aromatic N) is 1. The van der Waals surface area contributed by atoms with Gasteiger partial charge in [-0.1, -0.05) is 30.3 Å². The molecule has 2 heterocycles. The number of benzene rings is 1. The number of ether oxygens (including phenoxy) is 3. The van der Waals surface area contributed by atoms with Gasteiger partial charge < -0.3 is 29.7 Å². The van der Waals surface area contributed by atoms with Crippen LogP contribution in [0.25, 0.3) is 0 Å². The van der Waals surface area contributed by atoms with Gasteiger partial charge >= 0.3 is 11.9 Å². The minimum atomic E-state index is -1.37. The second-order valence-electron chi connectivity index (χ2n) is 7.30. The Morgan fingerprint density at radius 3 is 2.58 bits per heavy atom. The van der Waals surface area contributed by atoms with Crippen molar-refractivity contribution < 1.29 is 71.5 Å². The van der Waals surface area contributed by atoms with Gasteiger partial charge in [0.1, 0.15) is 18.8 Å². The molecule has 1 saturated heterocycles. The molecule has 0 saturated carbocycles. The average Bonchev–Trinajstić information content (AvgIpc) is 2.82. The molecule has 11 heteroatoms. The third kappa shape index (κ3) is 6.49. The van der Waals surface area contributed by atoms with Crippen molar-refractivity contribution in [3.8, 4) is 11.5 Å². The predicted octanol–water partition coefficient (Wildman–Crippen LogP) is 0.600. The summed E-state index contributed by atoms with van der Waals surface area (Å²) in [5.74, 6) is -3.98. The molecule has 3 N–H and O–H groups in total. The molecule has 33 heavy (non-hydrogen) atoms. The molecule has 2 aromatic rings. The van der Waals surface area contributed by atoms with E-state index in [-0.39, 0.29) is 50.6 Å². The number of aliphatic hydroxyl groups is 1. The van der Waals surface area contributed by atoms with E-state index in [4.69, 9.17) is 14.2 Å². The van der Waals surface area contributed by atoms with Gasteiger partial charge in [-0.15, -0.1) is 0 Å². The zero-order valence-electron chi connectivity index (χ0n) is 18.1. The van der Waals surface area contributed by atoms with Crippen LogP contribution in [-0.4, -0.2) is 65.0 Å². The first-order valence-corrected chi connectivity index (χ1v) is 9.93. The van der Waals surface area contributed by atoms with Crippen LogP contribution >= 0.6 is 0 Å². The summed E-state index contributed by atoms with van der Waals surface area (Å²) in [6, 6.07) is 9.04. The Hall–Kier alpha value is -2.56. The summed E-state index contributed by atoms with van der Waals surface area (Å²) in [6.07, 6.45) is -0.919. The van der Waals surface area contributed by atoms with E-state index >= 15 is 0 Å². The first-order valence-electron chi connectivity index (χ1n) is 9.93. The van der Waals surface area contributed by atoms with Crippen molar-refractivity contribution in [3.63, 3.8) is 0 Å². The second-order valence-corrected chi connectivity index (χ2v) is 7.30. The Morgan fingerprint density at radius 1 is 1.21 bits per heavy atom. The number of cyclic esters (lactones) is 2. The van der Waals surface area contributed by atoms with Crippen molar-refractivity contribution in [2.45, 2.75) is 31.6 Å². The molecule has 1 aliphatic rings. The Kier molecular flexibility index (Phi) is 9.76. The normalized spacial score (nSPS) is 23.0. The zero-order valence-corrected chi connectivity index (χ0v) is 21.0. The minimum Gasteiger partial charge on any atom is -0.503 e. The molecule has 0 unspecified atom stereocenters. The molecule has 173 valence electrons. The van der Waals surface area contributed by atoms with E-state index in [1.807, 2.05) is 6.07 Å². The van der Waals surface area contributed by atoms with Crippen molar-refractivity contribution in [2.24, 2.45) is 5.92 Å². The fourth-order valence-corrected chi connectivity index (χ4v) is 3.31. The van der Waals surface area contributed by atoms with Crippen molar-refractivity contribution in [1.29, 1.82) is 0 Å². The largest absolute Gasteiger partial charge is 0.503 e. The number of rotatable bonds is 5. The number of pyridine rings is 1.